The van der Waals surface area contributed by atoms with Gasteiger partial charge in [0.15, 0.2) is 0 Å². The Morgan fingerprint density at radius 3 is 2.52 bits per heavy atom. The van der Waals surface area contributed by atoms with Gasteiger partial charge in [-0.05, 0) is 55.7 Å². The second-order valence-electron chi connectivity index (χ2n) is 6.39. The van der Waals surface area contributed by atoms with Crippen LogP contribution in [0.2, 0.25) is 0 Å². The van der Waals surface area contributed by atoms with Gasteiger partial charge in [0.2, 0.25) is 0 Å². The molecule has 0 heterocycles. The lowest BCUT2D eigenvalue weighted by atomic mass is 9.75. The molecule has 110 valence electrons. The maximum Gasteiger partial charge on any atom is 0.0404 e. The molecule has 0 unspecified atom stereocenters. The first-order valence-electron chi connectivity index (χ1n) is 8.09. The highest BCUT2D eigenvalue weighted by Crippen LogP contribution is 2.39. The van der Waals surface area contributed by atoms with Crippen LogP contribution in [0.15, 0.2) is 42.5 Å². The van der Waals surface area contributed by atoms with Gasteiger partial charge in [-0.15, -0.1) is 0 Å². The summed E-state index contributed by atoms with van der Waals surface area (Å²) in [4.78, 5) is 0. The molecule has 1 nitrogen and oxygen atoms in total. The van der Waals surface area contributed by atoms with Crippen LogP contribution in [0.25, 0.3) is 0 Å². The number of rotatable bonds is 4. The van der Waals surface area contributed by atoms with E-state index in [1.54, 1.807) is 0 Å². The van der Waals surface area contributed by atoms with E-state index in [0.29, 0.717) is 6.04 Å². The number of nitrogens with one attached hydrogen (secondary N) is 1. The molecule has 1 saturated carbocycles. The maximum atomic E-state index is 3.78. The molecule has 0 atom stereocenters. The molecule has 1 N–H and O–H groups in total. The molecular formula is C20H25N. The third-order valence-corrected chi connectivity index (χ3v) is 4.74. The van der Waals surface area contributed by atoms with E-state index in [9.17, 15) is 0 Å². The number of anilines is 1. The van der Waals surface area contributed by atoms with Gasteiger partial charge in [0.05, 0.1) is 0 Å². The van der Waals surface area contributed by atoms with Gasteiger partial charge in [0.25, 0.3) is 0 Å². The molecule has 3 rings (SSSR count). The molecule has 0 aliphatic heterocycles. The molecule has 21 heavy (non-hydrogen) atoms. The molecule has 0 saturated heterocycles. The van der Waals surface area contributed by atoms with E-state index < -0.39 is 0 Å². The van der Waals surface area contributed by atoms with Gasteiger partial charge in [-0.1, -0.05) is 55.0 Å². The fourth-order valence-corrected chi connectivity index (χ4v) is 3.37. The molecule has 0 aromatic heterocycles. The average Bonchev–Trinajstić information content (AvgIpc) is 2.43. The number of aryl methyl sites for hydroxylation is 3. The zero-order valence-electron chi connectivity index (χ0n) is 13.3. The third-order valence-electron chi connectivity index (χ3n) is 4.74. The molecule has 1 aliphatic rings. The van der Waals surface area contributed by atoms with Crippen LogP contribution >= 0.6 is 0 Å². The summed E-state index contributed by atoms with van der Waals surface area (Å²) in [5.41, 5.74) is 7.06. The SMILES string of the molecule is CCc1cccc(C)c1NC1CC(c2cccc(C)c2)C1. The Morgan fingerprint density at radius 2 is 1.81 bits per heavy atom. The highest BCUT2D eigenvalue weighted by Gasteiger charge is 2.30. The predicted octanol–water partition coefficient (Wildman–Crippen LogP) is 5.22. The highest BCUT2D eigenvalue weighted by molar-refractivity contribution is 5.58. The normalized spacial score (nSPS) is 20.9. The van der Waals surface area contributed by atoms with Crippen molar-refractivity contribution >= 4 is 5.69 Å². The van der Waals surface area contributed by atoms with Crippen molar-refractivity contribution in [3.63, 3.8) is 0 Å². The van der Waals surface area contributed by atoms with Crippen molar-refractivity contribution < 1.29 is 0 Å². The standard InChI is InChI=1S/C20H25N/c1-4-16-9-6-8-15(3)20(16)21-19-12-18(13-19)17-10-5-7-14(2)11-17/h5-11,18-19,21H,4,12-13H2,1-3H3. The fourth-order valence-electron chi connectivity index (χ4n) is 3.37. The van der Waals surface area contributed by atoms with Gasteiger partial charge in [0.1, 0.15) is 0 Å². The molecule has 1 fully saturated rings. The topological polar surface area (TPSA) is 12.0 Å². The van der Waals surface area contributed by atoms with Crippen molar-refractivity contribution in [2.45, 2.75) is 52.0 Å². The van der Waals surface area contributed by atoms with E-state index in [1.165, 1.54) is 40.8 Å². The lowest BCUT2D eigenvalue weighted by molar-refractivity contribution is 0.374. The summed E-state index contributed by atoms with van der Waals surface area (Å²) in [7, 11) is 0. The summed E-state index contributed by atoms with van der Waals surface area (Å²) in [6.45, 7) is 6.62. The summed E-state index contributed by atoms with van der Waals surface area (Å²) in [5, 5.41) is 3.78. The van der Waals surface area contributed by atoms with Crippen LogP contribution in [0.5, 0.6) is 0 Å². The zero-order valence-corrected chi connectivity index (χ0v) is 13.3. The van der Waals surface area contributed by atoms with E-state index in [4.69, 9.17) is 0 Å². The lowest BCUT2D eigenvalue weighted by Gasteiger charge is -2.38. The largest absolute Gasteiger partial charge is 0.382 e. The van der Waals surface area contributed by atoms with Gasteiger partial charge in [-0.3, -0.25) is 0 Å². The minimum absolute atomic E-state index is 0.627. The van der Waals surface area contributed by atoms with Gasteiger partial charge in [-0.2, -0.15) is 0 Å². The Kier molecular flexibility index (Phi) is 4.01. The minimum Gasteiger partial charge on any atom is -0.382 e. The van der Waals surface area contributed by atoms with Crippen molar-refractivity contribution in [2.24, 2.45) is 0 Å². The number of hydrogen-bond acceptors (Lipinski definition) is 1. The Bertz CT molecular complexity index is 623. The molecule has 0 bridgehead atoms. The van der Waals surface area contributed by atoms with E-state index in [2.05, 4.69) is 68.6 Å². The Morgan fingerprint density at radius 1 is 1.05 bits per heavy atom. The third kappa shape index (κ3) is 2.97. The summed E-state index contributed by atoms with van der Waals surface area (Å²) >= 11 is 0. The molecule has 0 spiro atoms. The summed E-state index contributed by atoms with van der Waals surface area (Å²) < 4.78 is 0. The number of para-hydroxylation sites is 1. The average molecular weight is 279 g/mol. The number of benzene rings is 2. The first kappa shape index (κ1) is 14.2. The smallest absolute Gasteiger partial charge is 0.0404 e. The zero-order chi connectivity index (χ0) is 14.8. The van der Waals surface area contributed by atoms with Crippen LogP contribution in [-0.4, -0.2) is 6.04 Å². The van der Waals surface area contributed by atoms with E-state index in [-0.39, 0.29) is 0 Å². The molecule has 2 aromatic rings. The van der Waals surface area contributed by atoms with Crippen LogP contribution in [-0.2, 0) is 6.42 Å². The van der Waals surface area contributed by atoms with Crippen molar-refractivity contribution in [2.75, 3.05) is 5.32 Å². The van der Waals surface area contributed by atoms with Crippen LogP contribution in [0.1, 0.15) is 47.9 Å². The van der Waals surface area contributed by atoms with Gasteiger partial charge >= 0.3 is 0 Å². The van der Waals surface area contributed by atoms with E-state index in [1.807, 2.05) is 0 Å². The van der Waals surface area contributed by atoms with Gasteiger partial charge in [0, 0.05) is 11.7 Å². The van der Waals surface area contributed by atoms with Crippen molar-refractivity contribution in [3.8, 4) is 0 Å². The molecular weight excluding hydrogens is 254 g/mol. The quantitative estimate of drug-likeness (QED) is 0.808. The van der Waals surface area contributed by atoms with Crippen LogP contribution < -0.4 is 5.32 Å². The van der Waals surface area contributed by atoms with E-state index in [0.717, 1.165) is 12.3 Å². The van der Waals surface area contributed by atoms with Crippen molar-refractivity contribution in [1.29, 1.82) is 0 Å². The molecule has 0 amide bonds. The van der Waals surface area contributed by atoms with Crippen molar-refractivity contribution in [1.82, 2.24) is 0 Å². The molecule has 1 aliphatic carbocycles. The van der Waals surface area contributed by atoms with Crippen LogP contribution in [0.4, 0.5) is 5.69 Å². The minimum atomic E-state index is 0.627. The fraction of sp³-hybridized carbons (Fsp3) is 0.400. The predicted molar refractivity (Wildman–Crippen MR) is 91.1 cm³/mol. The summed E-state index contributed by atoms with van der Waals surface area (Å²) in [6, 6.07) is 16.2. The van der Waals surface area contributed by atoms with E-state index >= 15 is 0 Å². The Hall–Kier alpha value is -1.76. The number of hydrogen-bond donors (Lipinski definition) is 1. The van der Waals surface area contributed by atoms with Gasteiger partial charge < -0.3 is 5.32 Å². The maximum absolute atomic E-state index is 3.78. The second-order valence-corrected chi connectivity index (χ2v) is 6.39. The van der Waals surface area contributed by atoms with Crippen LogP contribution in [0.3, 0.4) is 0 Å². The first-order chi connectivity index (χ1) is 10.2. The van der Waals surface area contributed by atoms with Crippen molar-refractivity contribution in [3.05, 3.63) is 64.7 Å². The van der Waals surface area contributed by atoms with Crippen LogP contribution in [0, 0.1) is 13.8 Å². The molecule has 0 radical (unpaired) electrons. The highest BCUT2D eigenvalue weighted by atomic mass is 14.9. The molecule has 1 heteroatoms. The second kappa shape index (κ2) is 5.93. The first-order valence-corrected chi connectivity index (χ1v) is 8.09. The lowest BCUT2D eigenvalue weighted by Crippen LogP contribution is -2.34. The Balaban J connectivity index is 1.65. The summed E-state index contributed by atoms with van der Waals surface area (Å²) in [5.74, 6) is 0.733. The van der Waals surface area contributed by atoms with Gasteiger partial charge in [-0.25, -0.2) is 0 Å². The monoisotopic (exact) mass is 279 g/mol. The summed E-state index contributed by atoms with van der Waals surface area (Å²) in [6.07, 6.45) is 3.60. The molecule has 2 aromatic carbocycles. The Labute approximate surface area is 128 Å².